The number of anilines is 2. The molecule has 0 radical (unpaired) electrons. The van der Waals surface area contributed by atoms with Gasteiger partial charge in [0.15, 0.2) is 0 Å². The van der Waals surface area contributed by atoms with Crippen molar-refractivity contribution in [1.29, 1.82) is 0 Å². The number of carbonyl (C=O) groups is 3. The average molecular weight is 669 g/mol. The van der Waals surface area contributed by atoms with E-state index in [-0.39, 0.29) is 36.4 Å². The number of aromatic nitrogens is 4. The van der Waals surface area contributed by atoms with Crippen molar-refractivity contribution in [2.75, 3.05) is 29.9 Å². The predicted octanol–water partition coefficient (Wildman–Crippen LogP) is 4.75. The number of aliphatic hydroxyl groups is 1. The Morgan fingerprint density at radius 1 is 1.10 bits per heavy atom. The highest BCUT2D eigenvalue weighted by molar-refractivity contribution is 6.05. The van der Waals surface area contributed by atoms with E-state index in [4.69, 9.17) is 5.10 Å². The van der Waals surface area contributed by atoms with Crippen molar-refractivity contribution in [3.8, 4) is 0 Å². The Labute approximate surface area is 271 Å². The fourth-order valence-corrected chi connectivity index (χ4v) is 5.89. The van der Waals surface area contributed by atoms with E-state index in [1.807, 2.05) is 10.9 Å². The minimum Gasteiger partial charge on any atom is -0.386 e. The van der Waals surface area contributed by atoms with Crippen molar-refractivity contribution < 1.29 is 37.1 Å². The number of alkyl halides is 3. The summed E-state index contributed by atoms with van der Waals surface area (Å²) in [5.74, 6) is -1.47. The summed E-state index contributed by atoms with van der Waals surface area (Å²) in [6, 6.07) is 7.24. The number of rotatable bonds is 7. The minimum absolute atomic E-state index is 0.000910. The first-order valence-corrected chi connectivity index (χ1v) is 15.3. The zero-order valence-electron chi connectivity index (χ0n) is 26.0. The molecule has 3 N–H and O–H groups in total. The molecule has 2 saturated heterocycles. The van der Waals surface area contributed by atoms with Crippen LogP contribution in [0.25, 0.3) is 10.9 Å². The van der Waals surface area contributed by atoms with Crippen molar-refractivity contribution in [3.05, 3.63) is 77.1 Å². The van der Waals surface area contributed by atoms with E-state index >= 15 is 0 Å². The van der Waals surface area contributed by atoms with E-state index in [0.717, 1.165) is 18.3 Å². The highest BCUT2D eigenvalue weighted by atomic mass is 19.4. The third-order valence-electron chi connectivity index (χ3n) is 8.42. The van der Waals surface area contributed by atoms with Gasteiger partial charge in [0.2, 0.25) is 5.91 Å². The number of piperidine rings is 1. The summed E-state index contributed by atoms with van der Waals surface area (Å²) < 4.78 is 56.0. The summed E-state index contributed by atoms with van der Waals surface area (Å²) in [5.41, 5.74) is -1.58. The van der Waals surface area contributed by atoms with Crippen LogP contribution in [-0.4, -0.2) is 67.2 Å². The first-order valence-electron chi connectivity index (χ1n) is 15.3. The molecule has 16 heteroatoms. The second-order valence-corrected chi connectivity index (χ2v) is 12.4. The van der Waals surface area contributed by atoms with E-state index < -0.39 is 40.9 Å². The molecule has 2 aliphatic heterocycles. The van der Waals surface area contributed by atoms with Crippen molar-refractivity contribution >= 4 is 40.3 Å². The number of fused-ring (bicyclic) bond motifs is 1. The number of nitrogens with one attached hydrogen (secondary N) is 2. The Hall–Kier alpha value is -4.96. The molecule has 3 aromatic heterocycles. The molecule has 1 aromatic carbocycles. The largest absolute Gasteiger partial charge is 0.433 e. The molecule has 0 saturated carbocycles. The second kappa shape index (κ2) is 12.6. The summed E-state index contributed by atoms with van der Waals surface area (Å²) in [4.78, 5) is 47.6. The number of pyridine rings is 2. The van der Waals surface area contributed by atoms with E-state index in [9.17, 15) is 37.1 Å². The van der Waals surface area contributed by atoms with E-state index in [1.54, 1.807) is 12.1 Å². The summed E-state index contributed by atoms with van der Waals surface area (Å²) in [5, 5.41) is 21.1. The number of halogens is 4. The maximum atomic E-state index is 14.7. The molecule has 252 valence electrons. The lowest BCUT2D eigenvalue weighted by molar-refractivity contribution is -0.141. The van der Waals surface area contributed by atoms with Gasteiger partial charge in [0.25, 0.3) is 5.91 Å². The van der Waals surface area contributed by atoms with Gasteiger partial charge in [0, 0.05) is 61.0 Å². The van der Waals surface area contributed by atoms with Gasteiger partial charge in [-0.1, -0.05) is 6.07 Å². The van der Waals surface area contributed by atoms with Crippen LogP contribution in [0.3, 0.4) is 0 Å². The standard InChI is InChI=1S/C32H32F4N8O4/c1-31(2,48)21-14-24-19(12-25(21)39-29(46)23-4-3-5-26(38-23)32(34,35)36)17-44(41-24)20-6-9-42(10-7-20)16-18-13-27(37-15-22(18)33)43-11-8-28(45)40-30(43)47/h3-5,12-15,17,20,48H,6-11,16H2,1-2H3,(H,39,46)(H,40,45,47). The Balaban J connectivity index is 1.16. The number of amides is 4. The van der Waals surface area contributed by atoms with E-state index in [2.05, 4.69) is 25.5 Å². The second-order valence-electron chi connectivity index (χ2n) is 12.4. The van der Waals surface area contributed by atoms with Crippen LogP contribution in [0.2, 0.25) is 0 Å². The molecular formula is C32H32F4N8O4. The van der Waals surface area contributed by atoms with Crippen LogP contribution in [0.4, 0.5) is 33.9 Å². The smallest absolute Gasteiger partial charge is 0.386 e. The average Bonchev–Trinajstić information content (AvgIpc) is 3.44. The predicted molar refractivity (Wildman–Crippen MR) is 165 cm³/mol. The fraction of sp³-hybridized carbons (Fsp3) is 0.375. The summed E-state index contributed by atoms with van der Waals surface area (Å²) in [6.07, 6.45) is -0.327. The lowest BCUT2D eigenvalue weighted by Gasteiger charge is -2.32. The molecule has 0 bridgehead atoms. The zero-order valence-corrected chi connectivity index (χ0v) is 26.0. The molecule has 0 aliphatic carbocycles. The number of nitrogens with zero attached hydrogens (tertiary/aromatic N) is 6. The minimum atomic E-state index is -4.72. The molecule has 6 rings (SSSR count). The molecule has 0 atom stereocenters. The van der Waals surface area contributed by atoms with Crippen LogP contribution >= 0.6 is 0 Å². The Morgan fingerprint density at radius 2 is 1.85 bits per heavy atom. The van der Waals surface area contributed by atoms with Gasteiger partial charge in [0.05, 0.1) is 23.4 Å². The Kier molecular flexibility index (Phi) is 8.63. The Bertz CT molecular complexity index is 1900. The van der Waals surface area contributed by atoms with Crippen LogP contribution in [0.1, 0.15) is 66.5 Å². The van der Waals surface area contributed by atoms with Gasteiger partial charge in [0.1, 0.15) is 23.0 Å². The van der Waals surface area contributed by atoms with Crippen LogP contribution in [0.15, 0.2) is 48.8 Å². The molecule has 4 aromatic rings. The molecule has 12 nitrogen and oxygen atoms in total. The molecule has 0 spiro atoms. The normalized spacial score (nSPS) is 16.8. The number of hydrogen-bond acceptors (Lipinski definition) is 8. The molecule has 2 fully saturated rings. The van der Waals surface area contributed by atoms with Gasteiger partial charge in [-0.25, -0.2) is 19.2 Å². The highest BCUT2D eigenvalue weighted by Gasteiger charge is 2.33. The summed E-state index contributed by atoms with van der Waals surface area (Å²) in [7, 11) is 0. The van der Waals surface area contributed by atoms with Gasteiger partial charge < -0.3 is 10.4 Å². The number of imide groups is 1. The maximum Gasteiger partial charge on any atom is 0.433 e. The van der Waals surface area contributed by atoms with Crippen molar-refractivity contribution in [2.24, 2.45) is 0 Å². The Morgan fingerprint density at radius 3 is 2.54 bits per heavy atom. The summed E-state index contributed by atoms with van der Waals surface area (Å²) >= 11 is 0. The van der Waals surface area contributed by atoms with Crippen LogP contribution in [0, 0.1) is 5.82 Å². The monoisotopic (exact) mass is 668 g/mol. The molecule has 4 amide bonds. The van der Waals surface area contributed by atoms with Gasteiger partial charge >= 0.3 is 12.2 Å². The lowest BCUT2D eigenvalue weighted by atomic mass is 9.95. The fourth-order valence-electron chi connectivity index (χ4n) is 5.89. The van der Waals surface area contributed by atoms with Crippen LogP contribution < -0.4 is 15.5 Å². The van der Waals surface area contributed by atoms with Crippen LogP contribution in [0.5, 0.6) is 0 Å². The number of benzene rings is 1. The third-order valence-corrected chi connectivity index (χ3v) is 8.42. The number of hydrogen-bond donors (Lipinski definition) is 3. The first kappa shape index (κ1) is 33.0. The highest BCUT2D eigenvalue weighted by Crippen LogP contribution is 2.34. The SMILES string of the molecule is CC(C)(O)c1cc2nn(C3CCN(Cc4cc(N5CCC(=O)NC5=O)ncc4F)CC3)cc2cc1NC(=O)c1cccc(C(F)(F)F)n1. The van der Waals surface area contributed by atoms with E-state index in [1.165, 1.54) is 30.9 Å². The molecule has 5 heterocycles. The molecular weight excluding hydrogens is 636 g/mol. The van der Waals surface area contributed by atoms with Crippen LogP contribution in [-0.2, 0) is 23.1 Å². The van der Waals surface area contributed by atoms with Crippen molar-refractivity contribution in [2.45, 2.75) is 57.5 Å². The lowest BCUT2D eigenvalue weighted by Crippen LogP contribution is -2.50. The van der Waals surface area contributed by atoms with Gasteiger partial charge in [-0.3, -0.25) is 29.4 Å². The quantitative estimate of drug-likeness (QED) is 0.240. The van der Waals surface area contributed by atoms with E-state index in [0.29, 0.717) is 54.5 Å². The first-order chi connectivity index (χ1) is 22.7. The zero-order chi connectivity index (χ0) is 34.4. The molecule has 0 unspecified atom stereocenters. The number of carbonyl (C=O) groups excluding carboxylic acids is 3. The maximum absolute atomic E-state index is 14.7. The topological polar surface area (TPSA) is 146 Å². The molecule has 2 aliphatic rings. The van der Waals surface area contributed by atoms with Gasteiger partial charge in [-0.2, -0.15) is 18.3 Å². The van der Waals surface area contributed by atoms with Gasteiger partial charge in [-0.15, -0.1) is 0 Å². The number of likely N-dealkylation sites (tertiary alicyclic amines) is 1. The van der Waals surface area contributed by atoms with Crippen molar-refractivity contribution in [1.82, 2.24) is 30.0 Å². The van der Waals surface area contributed by atoms with Crippen molar-refractivity contribution in [3.63, 3.8) is 0 Å². The number of urea groups is 1. The third kappa shape index (κ3) is 6.99. The summed E-state index contributed by atoms with van der Waals surface area (Å²) in [6.45, 7) is 4.74. The molecule has 48 heavy (non-hydrogen) atoms. The van der Waals surface area contributed by atoms with Gasteiger partial charge in [-0.05, 0) is 57.0 Å².